The lowest BCUT2D eigenvalue weighted by atomic mass is 9.92. The van der Waals surface area contributed by atoms with E-state index < -0.39 is 21.0 Å². The van der Waals surface area contributed by atoms with Crippen LogP contribution in [0.4, 0.5) is 11.5 Å². The Kier molecular flexibility index (Phi) is 7.13. The molecule has 7 rings (SSSR count). The van der Waals surface area contributed by atoms with Crippen molar-refractivity contribution in [1.82, 2.24) is 39.0 Å². The first kappa shape index (κ1) is 27.6. The van der Waals surface area contributed by atoms with E-state index in [1.165, 1.54) is 12.7 Å². The van der Waals surface area contributed by atoms with Gasteiger partial charge in [0.2, 0.25) is 5.91 Å². The number of aromatic nitrogens is 6. The third-order valence-electron chi connectivity index (χ3n) is 8.34. The van der Waals surface area contributed by atoms with E-state index in [-0.39, 0.29) is 15.4 Å². The van der Waals surface area contributed by atoms with Crippen LogP contribution >= 0.6 is 21.0 Å². The zero-order valence-corrected chi connectivity index (χ0v) is 26.0. The zero-order valence-electron chi connectivity index (χ0n) is 23.8. The number of likely N-dealkylation sites (tertiary alicyclic amines) is 2. The van der Waals surface area contributed by atoms with Gasteiger partial charge in [-0.1, -0.05) is 0 Å². The molecular weight excluding hydrogens is 659 g/mol. The summed E-state index contributed by atoms with van der Waals surface area (Å²) in [5, 5.41) is 12.0. The third kappa shape index (κ3) is 5.16. The lowest BCUT2D eigenvalue weighted by Crippen LogP contribution is -2.48. The van der Waals surface area contributed by atoms with E-state index in [1.54, 1.807) is 10.6 Å². The van der Waals surface area contributed by atoms with Gasteiger partial charge in [0.15, 0.2) is 11.5 Å². The van der Waals surface area contributed by atoms with E-state index in [2.05, 4.69) is 43.5 Å². The highest BCUT2D eigenvalue weighted by molar-refractivity contribution is 14.2. The summed E-state index contributed by atoms with van der Waals surface area (Å²) in [7, 11) is 2.06. The maximum absolute atomic E-state index is 13.0. The van der Waals surface area contributed by atoms with E-state index in [1.807, 2.05) is 65.1 Å². The molecule has 13 heteroatoms. The van der Waals surface area contributed by atoms with Gasteiger partial charge >= 0.3 is 0 Å². The fraction of sp³-hybridized carbons (Fsp3) is 0.300. The van der Waals surface area contributed by atoms with Crippen molar-refractivity contribution in [3.05, 3.63) is 84.7 Å². The maximum Gasteiger partial charge on any atom is 0.246 e. The Hall–Kier alpha value is -4.24. The second-order valence-corrected chi connectivity index (χ2v) is 13.4. The Morgan fingerprint density at radius 3 is 2.72 bits per heavy atom. The van der Waals surface area contributed by atoms with Crippen LogP contribution in [-0.2, 0) is 4.79 Å². The molecule has 5 aromatic rings. The van der Waals surface area contributed by atoms with Crippen molar-refractivity contribution in [2.75, 3.05) is 32.0 Å². The van der Waals surface area contributed by atoms with Gasteiger partial charge in [0, 0.05) is 70.3 Å². The van der Waals surface area contributed by atoms with Crippen LogP contribution in [0.15, 0.2) is 73.6 Å². The lowest BCUT2D eigenvalue weighted by Gasteiger charge is -2.39. The minimum absolute atomic E-state index is 0.0191. The highest BCUT2D eigenvalue weighted by Gasteiger charge is 2.37. The summed E-state index contributed by atoms with van der Waals surface area (Å²) in [4.78, 5) is 25.9. The molecule has 1 unspecified atom stereocenters. The number of rotatable bonds is 8. The molecule has 1 aromatic carbocycles. The van der Waals surface area contributed by atoms with E-state index in [0.717, 1.165) is 53.1 Å². The summed E-state index contributed by atoms with van der Waals surface area (Å²) in [5.41, 5.74) is 4.58. The number of fused-ring (bicyclic) bond motifs is 2. The van der Waals surface area contributed by atoms with Gasteiger partial charge in [-0.3, -0.25) is 13.3 Å². The monoisotopic (exact) mass is 690 g/mol. The first-order valence-electron chi connectivity index (χ1n) is 14.1. The van der Waals surface area contributed by atoms with E-state index >= 15 is 0 Å². The minimum atomic E-state index is -0.784. The molecule has 2 fully saturated rings. The standard InChI is InChI=1S/C30H31IN10O2/c1-20-14-22(4-5-25(20)43-23-7-12-40-26(15-23)33-18-35-40)37-29-28-24(8-13-41(28)36-19-34-29)21-16-39(17-21)27(42)6-10-30(31-32)9-3-11-38(30)2/h4-8,10,12-15,18-19,21,32H,3,9,11,16-17H2,1-2H3,(H,34,36,37)/b10-6+. The van der Waals surface area contributed by atoms with Gasteiger partial charge in [-0.05, 0) is 80.9 Å². The second-order valence-electron chi connectivity index (χ2n) is 11.0. The molecule has 0 radical (unpaired) electrons. The molecule has 2 aliphatic rings. The summed E-state index contributed by atoms with van der Waals surface area (Å²) in [5.74, 6) is 2.35. The highest BCUT2D eigenvalue weighted by Crippen LogP contribution is 2.40. The summed E-state index contributed by atoms with van der Waals surface area (Å²) < 4.78 is 17.6. The summed E-state index contributed by atoms with van der Waals surface area (Å²) in [6.07, 6.45) is 12.5. The molecule has 12 nitrogen and oxygen atoms in total. The number of alkyl halides is 1. The van der Waals surface area contributed by atoms with Crippen molar-refractivity contribution in [3.8, 4) is 11.5 Å². The molecule has 0 aliphatic carbocycles. The number of likely N-dealkylation sites (N-methyl/N-ethyl adjacent to an activating group) is 1. The van der Waals surface area contributed by atoms with Crippen molar-refractivity contribution in [2.45, 2.75) is 29.2 Å². The topological polar surface area (TPSA) is 129 Å². The van der Waals surface area contributed by atoms with Crippen LogP contribution in [0.25, 0.3) is 11.2 Å². The van der Waals surface area contributed by atoms with Crippen LogP contribution in [0, 0.1) is 10.5 Å². The number of hydrogen-bond acceptors (Lipinski definition) is 9. The molecule has 220 valence electrons. The number of ether oxygens (including phenoxy) is 1. The van der Waals surface area contributed by atoms with Crippen molar-refractivity contribution in [3.63, 3.8) is 0 Å². The quantitative estimate of drug-likeness (QED) is 0.0978. The van der Waals surface area contributed by atoms with Crippen LogP contribution in [-0.4, -0.2) is 75.1 Å². The van der Waals surface area contributed by atoms with Gasteiger partial charge in [-0.15, -0.1) is 0 Å². The number of pyridine rings is 1. The normalized spacial score (nSPS) is 19.4. The average molecular weight is 691 g/mol. The number of benzene rings is 1. The summed E-state index contributed by atoms with van der Waals surface area (Å²) >= 11 is -0.784. The fourth-order valence-corrected chi connectivity index (χ4v) is 7.49. The van der Waals surface area contributed by atoms with Crippen LogP contribution < -0.4 is 10.1 Å². The molecule has 0 bridgehead atoms. The number of halogens is 1. The van der Waals surface area contributed by atoms with Crippen LogP contribution in [0.5, 0.6) is 11.5 Å². The van der Waals surface area contributed by atoms with Crippen LogP contribution in [0.2, 0.25) is 0 Å². The van der Waals surface area contributed by atoms with Gasteiger partial charge in [0.25, 0.3) is 0 Å². The lowest BCUT2D eigenvalue weighted by molar-refractivity contribution is -0.130. The van der Waals surface area contributed by atoms with E-state index in [4.69, 9.17) is 8.30 Å². The Labute approximate surface area is 258 Å². The minimum Gasteiger partial charge on any atom is -0.457 e. The molecule has 4 aromatic heterocycles. The largest absolute Gasteiger partial charge is 0.457 e. The number of carbonyl (C=O) groups is 1. The molecule has 0 saturated carbocycles. The van der Waals surface area contributed by atoms with E-state index in [9.17, 15) is 4.79 Å². The predicted molar refractivity (Wildman–Crippen MR) is 170 cm³/mol. The number of amides is 1. The van der Waals surface area contributed by atoms with Gasteiger partial charge in [-0.2, -0.15) is 10.2 Å². The Morgan fingerprint density at radius 1 is 1.12 bits per heavy atom. The number of nitrogens with zero attached hydrogens (tertiary/aromatic N) is 8. The molecule has 43 heavy (non-hydrogen) atoms. The van der Waals surface area contributed by atoms with Crippen molar-refractivity contribution in [2.24, 2.45) is 0 Å². The maximum atomic E-state index is 13.0. The van der Waals surface area contributed by atoms with Gasteiger partial charge in [0.05, 0.1) is 0 Å². The Morgan fingerprint density at radius 2 is 1.93 bits per heavy atom. The van der Waals surface area contributed by atoms with Crippen molar-refractivity contribution in [1.29, 1.82) is 3.56 Å². The van der Waals surface area contributed by atoms with Crippen LogP contribution in [0.3, 0.4) is 0 Å². The summed E-state index contributed by atoms with van der Waals surface area (Å²) in [6, 6.07) is 11.7. The molecule has 2 aliphatic heterocycles. The molecule has 2 saturated heterocycles. The smallest absolute Gasteiger partial charge is 0.246 e. The zero-order chi connectivity index (χ0) is 29.6. The van der Waals surface area contributed by atoms with E-state index in [0.29, 0.717) is 24.7 Å². The summed E-state index contributed by atoms with van der Waals surface area (Å²) in [6.45, 7) is 4.27. The Bertz CT molecular complexity index is 1880. The predicted octanol–water partition coefficient (Wildman–Crippen LogP) is 5.25. The number of hydrogen-bond donors (Lipinski definition) is 2. The molecule has 1 atom stereocenters. The number of aryl methyl sites for hydroxylation is 1. The average Bonchev–Trinajstić information content (AvgIpc) is 3.72. The number of anilines is 2. The SMILES string of the molecule is Cc1cc(Nc2ncnn3ccc(C4CN(C(=O)/C=C/C5(I=N)CCCN5C)C4)c23)ccc1Oc1ccn2ncnc2c1. The van der Waals surface area contributed by atoms with Gasteiger partial charge in [0.1, 0.15) is 33.2 Å². The molecule has 1 amide bonds. The highest BCUT2D eigenvalue weighted by atomic mass is 127. The molecule has 6 heterocycles. The van der Waals surface area contributed by atoms with Gasteiger partial charge < -0.3 is 15.0 Å². The molecular formula is C30H31IN10O2. The Balaban J connectivity index is 1.05. The van der Waals surface area contributed by atoms with Crippen LogP contribution in [0.1, 0.15) is 29.9 Å². The van der Waals surface area contributed by atoms with Crippen molar-refractivity contribution < 1.29 is 9.53 Å². The van der Waals surface area contributed by atoms with Crippen molar-refractivity contribution >= 4 is 49.6 Å². The molecule has 0 spiro atoms. The third-order valence-corrected chi connectivity index (χ3v) is 11.0. The first-order chi connectivity index (χ1) is 20.9. The fourth-order valence-electron chi connectivity index (χ4n) is 5.83. The first-order valence-corrected chi connectivity index (χ1v) is 16.3. The molecule has 2 N–H and O–H groups in total. The second kappa shape index (κ2) is 11.1. The number of carbonyl (C=O) groups excluding carboxylic acids is 1. The number of nitrogens with one attached hydrogen (secondary N) is 2. The van der Waals surface area contributed by atoms with Gasteiger partial charge in [-0.25, -0.2) is 19.0 Å².